The minimum Gasteiger partial charge on any atom is -0.324 e. The maximum absolute atomic E-state index is 12.6. The molecule has 1 heterocycles. The van der Waals surface area contributed by atoms with Gasteiger partial charge in [0.2, 0.25) is 5.91 Å². The van der Waals surface area contributed by atoms with E-state index in [9.17, 15) is 9.59 Å². The fourth-order valence-electron chi connectivity index (χ4n) is 2.17. The standard InChI is InChI=1S/C15H11ClN2O2/c16-10-6-7-13-12(8-10)15(20)18(9-14(19)17-13)11-4-2-1-3-5-11/h1-8H,9H2,(H,17,19). The van der Waals surface area contributed by atoms with E-state index >= 15 is 0 Å². The molecular formula is C15H11ClN2O2. The second-order valence-electron chi connectivity index (χ2n) is 4.46. The summed E-state index contributed by atoms with van der Waals surface area (Å²) in [4.78, 5) is 26.0. The second kappa shape index (κ2) is 4.98. The van der Waals surface area contributed by atoms with E-state index in [0.717, 1.165) is 0 Å². The van der Waals surface area contributed by atoms with Crippen molar-refractivity contribution in [2.24, 2.45) is 0 Å². The van der Waals surface area contributed by atoms with Crippen molar-refractivity contribution in [3.05, 3.63) is 59.1 Å². The lowest BCUT2D eigenvalue weighted by Crippen LogP contribution is -2.34. The minimum atomic E-state index is -0.243. The number of carbonyl (C=O) groups is 2. The van der Waals surface area contributed by atoms with Crippen molar-refractivity contribution in [3.8, 4) is 0 Å². The molecule has 0 spiro atoms. The van der Waals surface area contributed by atoms with Crippen LogP contribution in [0.2, 0.25) is 5.02 Å². The highest BCUT2D eigenvalue weighted by molar-refractivity contribution is 6.31. The zero-order valence-corrected chi connectivity index (χ0v) is 11.2. The van der Waals surface area contributed by atoms with Crippen molar-refractivity contribution in [2.75, 3.05) is 16.8 Å². The van der Waals surface area contributed by atoms with E-state index in [-0.39, 0.29) is 18.4 Å². The van der Waals surface area contributed by atoms with Crippen LogP contribution >= 0.6 is 11.6 Å². The lowest BCUT2D eigenvalue weighted by molar-refractivity contribution is -0.114. The molecule has 5 heteroatoms. The predicted octanol–water partition coefficient (Wildman–Crippen LogP) is 2.94. The van der Waals surface area contributed by atoms with Crippen LogP contribution in [0, 0.1) is 0 Å². The van der Waals surface area contributed by atoms with Gasteiger partial charge in [0.1, 0.15) is 6.54 Å². The molecule has 4 nitrogen and oxygen atoms in total. The van der Waals surface area contributed by atoms with Crippen LogP contribution in [-0.4, -0.2) is 18.4 Å². The number of para-hydroxylation sites is 1. The number of nitrogens with zero attached hydrogens (tertiary/aromatic N) is 1. The van der Waals surface area contributed by atoms with Crippen molar-refractivity contribution < 1.29 is 9.59 Å². The number of benzene rings is 2. The van der Waals surface area contributed by atoms with Crippen molar-refractivity contribution >= 4 is 34.8 Å². The summed E-state index contributed by atoms with van der Waals surface area (Å²) in [7, 11) is 0. The highest BCUT2D eigenvalue weighted by Gasteiger charge is 2.27. The molecule has 0 atom stereocenters. The summed E-state index contributed by atoms with van der Waals surface area (Å²) < 4.78 is 0. The van der Waals surface area contributed by atoms with Crippen molar-refractivity contribution in [1.29, 1.82) is 0 Å². The smallest absolute Gasteiger partial charge is 0.260 e. The van der Waals surface area contributed by atoms with E-state index < -0.39 is 0 Å². The molecule has 0 aliphatic carbocycles. The predicted molar refractivity (Wildman–Crippen MR) is 78.2 cm³/mol. The van der Waals surface area contributed by atoms with Crippen LogP contribution in [0.5, 0.6) is 0 Å². The van der Waals surface area contributed by atoms with Gasteiger partial charge in [0.05, 0.1) is 11.3 Å². The maximum atomic E-state index is 12.6. The lowest BCUT2D eigenvalue weighted by atomic mass is 10.1. The van der Waals surface area contributed by atoms with Crippen LogP contribution in [0.1, 0.15) is 10.4 Å². The van der Waals surface area contributed by atoms with E-state index in [0.29, 0.717) is 22.0 Å². The largest absolute Gasteiger partial charge is 0.324 e. The molecule has 0 saturated carbocycles. The summed E-state index contributed by atoms with van der Waals surface area (Å²) in [6.45, 7) is -0.0187. The van der Waals surface area contributed by atoms with Gasteiger partial charge in [0, 0.05) is 10.7 Å². The van der Waals surface area contributed by atoms with Crippen LogP contribution in [0.3, 0.4) is 0 Å². The quantitative estimate of drug-likeness (QED) is 0.876. The molecule has 0 unspecified atom stereocenters. The first-order valence-corrected chi connectivity index (χ1v) is 6.49. The maximum Gasteiger partial charge on any atom is 0.260 e. The van der Waals surface area contributed by atoms with Gasteiger partial charge in [-0.25, -0.2) is 0 Å². The first-order valence-electron chi connectivity index (χ1n) is 6.11. The Bertz CT molecular complexity index is 686. The van der Waals surface area contributed by atoms with E-state index in [2.05, 4.69) is 5.32 Å². The third kappa shape index (κ3) is 2.26. The second-order valence-corrected chi connectivity index (χ2v) is 4.90. The number of anilines is 2. The Balaban J connectivity index is 2.10. The third-order valence-corrected chi connectivity index (χ3v) is 3.34. The number of rotatable bonds is 1. The number of nitrogens with one attached hydrogen (secondary N) is 1. The van der Waals surface area contributed by atoms with Gasteiger partial charge < -0.3 is 5.32 Å². The van der Waals surface area contributed by atoms with Gasteiger partial charge in [-0.15, -0.1) is 0 Å². The first-order chi connectivity index (χ1) is 9.65. The summed E-state index contributed by atoms with van der Waals surface area (Å²) in [6.07, 6.45) is 0. The van der Waals surface area contributed by atoms with Gasteiger partial charge >= 0.3 is 0 Å². The number of hydrogen-bond acceptors (Lipinski definition) is 2. The average Bonchev–Trinajstić information content (AvgIpc) is 2.58. The highest BCUT2D eigenvalue weighted by atomic mass is 35.5. The molecule has 0 radical (unpaired) electrons. The minimum absolute atomic E-state index is 0.0187. The van der Waals surface area contributed by atoms with E-state index in [4.69, 9.17) is 11.6 Å². The summed E-state index contributed by atoms with van der Waals surface area (Å²) in [5, 5.41) is 3.18. The Morgan fingerprint density at radius 1 is 1.05 bits per heavy atom. The van der Waals surface area contributed by atoms with Crippen LogP contribution < -0.4 is 10.2 Å². The molecule has 3 rings (SSSR count). The number of fused-ring (bicyclic) bond motifs is 1. The van der Waals surface area contributed by atoms with Gasteiger partial charge in [0.15, 0.2) is 0 Å². The molecule has 0 aromatic heterocycles. The monoisotopic (exact) mass is 286 g/mol. The Hall–Kier alpha value is -2.33. The summed E-state index contributed by atoms with van der Waals surface area (Å²) >= 11 is 5.94. The fourth-order valence-corrected chi connectivity index (χ4v) is 2.34. The van der Waals surface area contributed by atoms with E-state index in [1.165, 1.54) is 4.90 Å². The summed E-state index contributed by atoms with van der Waals surface area (Å²) in [6, 6.07) is 13.9. The zero-order chi connectivity index (χ0) is 14.1. The molecule has 2 aromatic rings. The van der Waals surface area contributed by atoms with Gasteiger partial charge in [-0.3, -0.25) is 14.5 Å². The lowest BCUT2D eigenvalue weighted by Gasteiger charge is -2.19. The zero-order valence-electron chi connectivity index (χ0n) is 10.5. The molecule has 1 N–H and O–H groups in total. The van der Waals surface area contributed by atoms with Gasteiger partial charge in [-0.1, -0.05) is 29.8 Å². The fraction of sp³-hybridized carbons (Fsp3) is 0.0667. The number of carbonyl (C=O) groups excluding carboxylic acids is 2. The van der Waals surface area contributed by atoms with Crippen LogP contribution in [0.25, 0.3) is 0 Å². The van der Waals surface area contributed by atoms with E-state index in [1.54, 1.807) is 30.3 Å². The topological polar surface area (TPSA) is 49.4 Å². The Morgan fingerprint density at radius 2 is 1.80 bits per heavy atom. The normalized spacial score (nSPS) is 14.6. The Labute approximate surface area is 121 Å². The first kappa shape index (κ1) is 12.7. The molecular weight excluding hydrogens is 276 g/mol. The molecule has 1 aliphatic rings. The van der Waals surface area contributed by atoms with Gasteiger partial charge in [-0.2, -0.15) is 0 Å². The average molecular weight is 287 g/mol. The molecule has 20 heavy (non-hydrogen) atoms. The molecule has 0 saturated heterocycles. The highest BCUT2D eigenvalue weighted by Crippen LogP contribution is 2.27. The van der Waals surface area contributed by atoms with Crippen molar-refractivity contribution in [3.63, 3.8) is 0 Å². The molecule has 0 fully saturated rings. The van der Waals surface area contributed by atoms with Crippen LogP contribution in [0.4, 0.5) is 11.4 Å². The van der Waals surface area contributed by atoms with Crippen LogP contribution in [0.15, 0.2) is 48.5 Å². The summed E-state index contributed by atoms with van der Waals surface area (Å²) in [5.41, 5.74) is 1.57. The van der Waals surface area contributed by atoms with Gasteiger partial charge in [0.25, 0.3) is 5.91 Å². The van der Waals surface area contributed by atoms with Crippen LogP contribution in [-0.2, 0) is 4.79 Å². The Kier molecular flexibility index (Phi) is 3.16. The van der Waals surface area contributed by atoms with E-state index in [1.807, 2.05) is 18.2 Å². The van der Waals surface area contributed by atoms with Gasteiger partial charge in [-0.05, 0) is 30.3 Å². The number of amides is 2. The summed E-state index contributed by atoms with van der Waals surface area (Å²) in [5.74, 6) is -0.477. The number of halogens is 1. The molecule has 1 aliphatic heterocycles. The van der Waals surface area contributed by atoms with Crippen molar-refractivity contribution in [1.82, 2.24) is 0 Å². The molecule has 0 bridgehead atoms. The molecule has 2 amide bonds. The third-order valence-electron chi connectivity index (χ3n) is 3.10. The SMILES string of the molecule is O=C1CN(c2ccccc2)C(=O)c2cc(Cl)ccc2N1. The molecule has 100 valence electrons. The van der Waals surface area contributed by atoms with Crippen molar-refractivity contribution in [2.45, 2.75) is 0 Å². The number of hydrogen-bond donors (Lipinski definition) is 1. The molecule has 2 aromatic carbocycles. The Morgan fingerprint density at radius 3 is 2.55 bits per heavy atom.